The first-order valence-corrected chi connectivity index (χ1v) is 6.09. The average molecular weight is 281 g/mol. The van der Waals surface area contributed by atoms with Gasteiger partial charge >= 0.3 is 5.97 Å². The lowest BCUT2D eigenvalue weighted by molar-refractivity contribution is 0.0684. The van der Waals surface area contributed by atoms with Gasteiger partial charge in [-0.25, -0.2) is 4.79 Å². The van der Waals surface area contributed by atoms with E-state index in [0.717, 1.165) is 0 Å². The Kier molecular flexibility index (Phi) is 3.76. The second-order valence-electron chi connectivity index (χ2n) is 3.87. The van der Waals surface area contributed by atoms with Crippen LogP contribution in [-0.2, 0) is 6.54 Å². The molecule has 5 nitrogen and oxygen atoms in total. The molecular weight excluding hydrogens is 268 g/mol. The standard InChI is InChI=1S/C13H13ClN2O3/c1-3-16-12(13(17)18)10(7-15-16)9-6-8(14)4-5-11(9)19-2/h4-7H,3H2,1-2H3,(H,17,18). The first-order valence-electron chi connectivity index (χ1n) is 5.71. The first kappa shape index (κ1) is 13.4. The number of aromatic carboxylic acids is 1. The van der Waals surface area contributed by atoms with E-state index < -0.39 is 5.97 Å². The molecule has 0 aliphatic heterocycles. The van der Waals surface area contributed by atoms with Crippen molar-refractivity contribution >= 4 is 17.6 Å². The van der Waals surface area contributed by atoms with Crippen LogP contribution in [0.3, 0.4) is 0 Å². The summed E-state index contributed by atoms with van der Waals surface area (Å²) >= 11 is 5.97. The van der Waals surface area contributed by atoms with Crippen LogP contribution in [0.1, 0.15) is 17.4 Å². The number of carbonyl (C=O) groups is 1. The lowest BCUT2D eigenvalue weighted by Crippen LogP contribution is -2.09. The highest BCUT2D eigenvalue weighted by atomic mass is 35.5. The van der Waals surface area contributed by atoms with E-state index >= 15 is 0 Å². The van der Waals surface area contributed by atoms with E-state index in [1.54, 1.807) is 18.2 Å². The van der Waals surface area contributed by atoms with Crippen molar-refractivity contribution < 1.29 is 14.6 Å². The number of ether oxygens (including phenoxy) is 1. The number of carboxylic acids is 1. The lowest BCUT2D eigenvalue weighted by Gasteiger charge is -2.09. The number of carboxylic acid groups (broad SMARTS) is 1. The SMILES string of the molecule is CCn1ncc(-c2cc(Cl)ccc2OC)c1C(=O)O. The van der Waals surface area contributed by atoms with E-state index in [4.69, 9.17) is 16.3 Å². The smallest absolute Gasteiger partial charge is 0.354 e. The molecule has 0 saturated carbocycles. The van der Waals surface area contributed by atoms with Gasteiger partial charge in [0.25, 0.3) is 0 Å². The summed E-state index contributed by atoms with van der Waals surface area (Å²) in [5.41, 5.74) is 1.24. The Morgan fingerprint density at radius 1 is 1.47 bits per heavy atom. The van der Waals surface area contributed by atoms with Gasteiger partial charge in [-0.2, -0.15) is 5.10 Å². The maximum Gasteiger partial charge on any atom is 0.354 e. The van der Waals surface area contributed by atoms with E-state index in [1.165, 1.54) is 18.0 Å². The molecule has 0 saturated heterocycles. The molecule has 0 aliphatic carbocycles. The normalized spacial score (nSPS) is 10.5. The van der Waals surface area contributed by atoms with Crippen molar-refractivity contribution in [1.82, 2.24) is 9.78 Å². The zero-order valence-electron chi connectivity index (χ0n) is 10.6. The minimum atomic E-state index is -1.03. The van der Waals surface area contributed by atoms with Gasteiger partial charge in [0.2, 0.25) is 0 Å². The Hall–Kier alpha value is -2.01. The molecule has 19 heavy (non-hydrogen) atoms. The number of aromatic nitrogens is 2. The predicted octanol–water partition coefficient (Wildman–Crippen LogP) is 2.93. The number of hydrogen-bond donors (Lipinski definition) is 1. The Morgan fingerprint density at radius 2 is 2.21 bits per heavy atom. The number of halogens is 1. The highest BCUT2D eigenvalue weighted by Gasteiger charge is 2.20. The van der Waals surface area contributed by atoms with Gasteiger partial charge in [-0.1, -0.05) is 11.6 Å². The van der Waals surface area contributed by atoms with Crippen LogP contribution in [0.25, 0.3) is 11.1 Å². The molecule has 1 N–H and O–H groups in total. The number of benzene rings is 1. The summed E-state index contributed by atoms with van der Waals surface area (Å²) in [5.74, 6) is -0.473. The van der Waals surface area contributed by atoms with Crippen molar-refractivity contribution in [3.8, 4) is 16.9 Å². The third-order valence-corrected chi connectivity index (χ3v) is 3.03. The quantitative estimate of drug-likeness (QED) is 0.935. The molecule has 6 heteroatoms. The highest BCUT2D eigenvalue weighted by Crippen LogP contribution is 2.34. The van der Waals surface area contributed by atoms with E-state index in [0.29, 0.717) is 28.4 Å². The molecule has 0 bridgehead atoms. The summed E-state index contributed by atoms with van der Waals surface area (Å²) in [5, 5.41) is 13.9. The maximum absolute atomic E-state index is 11.4. The second kappa shape index (κ2) is 5.32. The topological polar surface area (TPSA) is 64.4 Å². The zero-order chi connectivity index (χ0) is 14.0. The number of rotatable bonds is 4. The minimum absolute atomic E-state index is 0.128. The van der Waals surface area contributed by atoms with Gasteiger partial charge in [-0.05, 0) is 25.1 Å². The average Bonchev–Trinajstić information content (AvgIpc) is 2.82. The summed E-state index contributed by atoms with van der Waals surface area (Å²) in [4.78, 5) is 11.4. The van der Waals surface area contributed by atoms with Crippen molar-refractivity contribution in [1.29, 1.82) is 0 Å². The van der Waals surface area contributed by atoms with Crippen LogP contribution in [0.2, 0.25) is 5.02 Å². The molecule has 0 unspecified atom stereocenters. The number of hydrogen-bond acceptors (Lipinski definition) is 3. The molecule has 1 aromatic carbocycles. The number of aryl methyl sites for hydroxylation is 1. The summed E-state index contributed by atoms with van der Waals surface area (Å²) in [6.07, 6.45) is 1.52. The molecule has 1 aromatic heterocycles. The Bertz CT molecular complexity index is 622. The summed E-state index contributed by atoms with van der Waals surface area (Å²) in [7, 11) is 1.53. The van der Waals surface area contributed by atoms with Crippen molar-refractivity contribution in [3.05, 3.63) is 35.1 Å². The van der Waals surface area contributed by atoms with Gasteiger partial charge in [-0.3, -0.25) is 4.68 Å². The minimum Gasteiger partial charge on any atom is -0.496 e. The van der Waals surface area contributed by atoms with Crippen LogP contribution < -0.4 is 4.74 Å². The van der Waals surface area contributed by atoms with E-state index in [1.807, 2.05) is 6.92 Å². The third-order valence-electron chi connectivity index (χ3n) is 2.79. The fourth-order valence-corrected chi connectivity index (χ4v) is 2.11. The van der Waals surface area contributed by atoms with Gasteiger partial charge in [0, 0.05) is 22.7 Å². The van der Waals surface area contributed by atoms with Crippen molar-refractivity contribution in [2.45, 2.75) is 13.5 Å². The summed E-state index contributed by atoms with van der Waals surface area (Å²) in [6, 6.07) is 5.06. The molecule has 0 radical (unpaired) electrons. The largest absolute Gasteiger partial charge is 0.496 e. The molecule has 0 spiro atoms. The lowest BCUT2D eigenvalue weighted by atomic mass is 10.1. The van der Waals surface area contributed by atoms with E-state index in [2.05, 4.69) is 5.10 Å². The fourth-order valence-electron chi connectivity index (χ4n) is 1.94. The summed E-state index contributed by atoms with van der Waals surface area (Å²) < 4.78 is 6.67. The monoisotopic (exact) mass is 280 g/mol. The van der Waals surface area contributed by atoms with Gasteiger partial charge in [0.05, 0.1) is 13.3 Å². The van der Waals surface area contributed by atoms with Crippen molar-refractivity contribution in [2.24, 2.45) is 0 Å². The fraction of sp³-hybridized carbons (Fsp3) is 0.231. The Morgan fingerprint density at radius 3 is 2.79 bits per heavy atom. The summed E-state index contributed by atoms with van der Waals surface area (Å²) in [6.45, 7) is 2.31. The van der Waals surface area contributed by atoms with Gasteiger partial charge in [-0.15, -0.1) is 0 Å². The highest BCUT2D eigenvalue weighted by molar-refractivity contribution is 6.31. The van der Waals surface area contributed by atoms with Crippen molar-refractivity contribution in [3.63, 3.8) is 0 Å². The molecular formula is C13H13ClN2O3. The molecule has 1 heterocycles. The molecule has 2 rings (SSSR count). The Labute approximate surface area is 115 Å². The predicted molar refractivity (Wildman–Crippen MR) is 71.9 cm³/mol. The van der Waals surface area contributed by atoms with Crippen LogP contribution in [-0.4, -0.2) is 28.0 Å². The van der Waals surface area contributed by atoms with Crippen LogP contribution in [0, 0.1) is 0 Å². The van der Waals surface area contributed by atoms with Crippen LogP contribution >= 0.6 is 11.6 Å². The second-order valence-corrected chi connectivity index (χ2v) is 4.31. The van der Waals surface area contributed by atoms with Gasteiger partial charge < -0.3 is 9.84 Å². The van der Waals surface area contributed by atoms with Crippen molar-refractivity contribution in [2.75, 3.05) is 7.11 Å². The van der Waals surface area contributed by atoms with Gasteiger partial charge in [0.1, 0.15) is 5.75 Å². The molecule has 0 amide bonds. The van der Waals surface area contributed by atoms with Gasteiger partial charge in [0.15, 0.2) is 5.69 Å². The number of nitrogens with zero attached hydrogens (tertiary/aromatic N) is 2. The molecule has 0 atom stereocenters. The molecule has 0 aliphatic rings. The van der Waals surface area contributed by atoms with Crippen LogP contribution in [0.15, 0.2) is 24.4 Å². The first-order chi connectivity index (χ1) is 9.08. The number of methoxy groups -OCH3 is 1. The van der Waals surface area contributed by atoms with Crippen LogP contribution in [0.5, 0.6) is 5.75 Å². The van der Waals surface area contributed by atoms with Crippen LogP contribution in [0.4, 0.5) is 0 Å². The zero-order valence-corrected chi connectivity index (χ0v) is 11.3. The molecule has 2 aromatic rings. The molecule has 100 valence electrons. The van der Waals surface area contributed by atoms with E-state index in [9.17, 15) is 9.90 Å². The third kappa shape index (κ3) is 2.42. The van der Waals surface area contributed by atoms with E-state index in [-0.39, 0.29) is 5.69 Å². The molecule has 0 fully saturated rings. The Balaban J connectivity index is 2.68. The maximum atomic E-state index is 11.4.